The molecule has 54 heavy (non-hydrogen) atoms. The maximum atomic E-state index is 14.3. The second-order valence-corrected chi connectivity index (χ2v) is 23.1. The van der Waals surface area contributed by atoms with E-state index in [9.17, 15) is 33.0 Å². The van der Waals surface area contributed by atoms with Crippen molar-refractivity contribution >= 4 is 59.0 Å². The first-order valence-corrected chi connectivity index (χ1v) is 24.8. The number of carbonyl (C=O) groups excluding carboxylic acids is 2. The number of nitrogens with one attached hydrogen (secondary N) is 3. The molecule has 0 bridgehead atoms. The average molecular weight is 799 g/mol. The van der Waals surface area contributed by atoms with Gasteiger partial charge in [-0.25, -0.2) is 13.1 Å². The minimum atomic E-state index is -4.08. The van der Waals surface area contributed by atoms with Crippen LogP contribution in [-0.4, -0.2) is 75.5 Å². The van der Waals surface area contributed by atoms with Crippen LogP contribution in [0.1, 0.15) is 64.0 Å². The molecule has 12 nitrogen and oxygen atoms in total. The third kappa shape index (κ3) is 11.2. The van der Waals surface area contributed by atoms with Gasteiger partial charge in [-0.1, -0.05) is 89.5 Å². The van der Waals surface area contributed by atoms with Crippen molar-refractivity contribution < 1.29 is 37.8 Å². The molecule has 2 amide bonds. The van der Waals surface area contributed by atoms with Gasteiger partial charge in [-0.3, -0.25) is 14.4 Å². The minimum absolute atomic E-state index is 0.0258. The number of carboxylic acid groups (broad SMARTS) is 1. The molecule has 3 aromatic rings. The maximum Gasteiger partial charge on any atom is 0.325 e. The van der Waals surface area contributed by atoms with Gasteiger partial charge in [-0.05, 0) is 61.0 Å². The number of amides is 2. The molecule has 1 aliphatic heterocycles. The van der Waals surface area contributed by atoms with Gasteiger partial charge in [0.2, 0.25) is 15.9 Å². The molecule has 0 spiro atoms. The summed E-state index contributed by atoms with van der Waals surface area (Å²) in [4.78, 5) is 41.8. The SMILES string of the molecule is CCCCC1(CCCC)CN(c2ccccc2)c2cc(SC)c(OCC(=O)NC(C(=O)NC(C[Si](C)(C)C)C(=O)O)c3ccc(O)cc3)cc2S(=O)(=O)N1. The fraction of sp³-hybridized carbons (Fsp3) is 0.462. The number of phenols is 1. The zero-order valence-electron chi connectivity index (χ0n) is 32.0. The molecule has 1 aliphatic rings. The first-order valence-electron chi connectivity index (χ1n) is 18.3. The molecule has 294 valence electrons. The summed E-state index contributed by atoms with van der Waals surface area (Å²) in [7, 11) is -5.99. The number of benzene rings is 3. The van der Waals surface area contributed by atoms with Crippen LogP contribution in [0, 0.1) is 0 Å². The first kappa shape index (κ1) is 42.7. The Morgan fingerprint density at radius 1 is 0.981 bits per heavy atom. The van der Waals surface area contributed by atoms with E-state index >= 15 is 0 Å². The molecule has 0 saturated carbocycles. The summed E-state index contributed by atoms with van der Waals surface area (Å²) in [5.74, 6) is -2.49. The highest BCUT2D eigenvalue weighted by molar-refractivity contribution is 7.98. The summed E-state index contributed by atoms with van der Waals surface area (Å²) in [5.41, 5.74) is 0.945. The standard InChI is InChI=1S/C39H54N4O8S2Si/c1-7-9-20-39(21-10-8-2)26-43(28-14-12-11-13-15-28)31-22-33(52-3)32(23-34(31)53(49,50)42-39)51-24-35(45)41-36(27-16-18-29(44)19-17-27)37(46)40-30(38(47)48)25-54(4,5)6/h11-19,22-23,30,36,42,44H,7-10,20-21,24-26H2,1-6H3,(H,40,46)(H,41,45)(H,47,48). The lowest BCUT2D eigenvalue weighted by Gasteiger charge is -2.37. The highest BCUT2D eigenvalue weighted by Gasteiger charge is 2.42. The monoisotopic (exact) mass is 798 g/mol. The van der Waals surface area contributed by atoms with Crippen molar-refractivity contribution in [1.82, 2.24) is 15.4 Å². The van der Waals surface area contributed by atoms with Crippen molar-refractivity contribution in [3.8, 4) is 11.5 Å². The van der Waals surface area contributed by atoms with E-state index in [0.29, 0.717) is 35.5 Å². The molecule has 0 fully saturated rings. The lowest BCUT2D eigenvalue weighted by Crippen LogP contribution is -2.53. The molecule has 2 unspecified atom stereocenters. The highest BCUT2D eigenvalue weighted by Crippen LogP contribution is 2.44. The molecule has 1 heterocycles. The van der Waals surface area contributed by atoms with Crippen molar-refractivity contribution in [2.75, 3.05) is 24.3 Å². The van der Waals surface area contributed by atoms with Crippen molar-refractivity contribution in [2.45, 2.75) is 105 Å². The number of ether oxygens (including phenoxy) is 1. The van der Waals surface area contributed by atoms with E-state index < -0.39 is 60.1 Å². The Bertz CT molecular complexity index is 1860. The molecule has 0 radical (unpaired) electrons. The molecule has 15 heteroatoms. The number of anilines is 2. The Balaban J connectivity index is 1.68. The number of hydrogen-bond donors (Lipinski definition) is 5. The van der Waals surface area contributed by atoms with Crippen LogP contribution >= 0.6 is 11.8 Å². The summed E-state index contributed by atoms with van der Waals surface area (Å²) >= 11 is 1.34. The summed E-state index contributed by atoms with van der Waals surface area (Å²) in [6.45, 7) is 10.0. The fourth-order valence-electron chi connectivity index (χ4n) is 6.62. The zero-order valence-corrected chi connectivity index (χ0v) is 34.6. The van der Waals surface area contributed by atoms with Crippen molar-refractivity contribution in [3.05, 3.63) is 72.3 Å². The van der Waals surface area contributed by atoms with Crippen molar-refractivity contribution in [3.63, 3.8) is 0 Å². The molecular formula is C39H54N4O8S2Si. The van der Waals surface area contributed by atoms with Crippen molar-refractivity contribution in [2.24, 2.45) is 0 Å². The van der Waals surface area contributed by atoms with Crippen LogP contribution in [0.3, 0.4) is 0 Å². The second-order valence-electron chi connectivity index (χ2n) is 15.0. The molecule has 0 saturated heterocycles. The predicted molar refractivity (Wildman–Crippen MR) is 216 cm³/mol. The van der Waals surface area contributed by atoms with Crippen LogP contribution in [0.4, 0.5) is 11.4 Å². The van der Waals surface area contributed by atoms with Gasteiger partial charge in [0.05, 0.1) is 16.1 Å². The first-order chi connectivity index (χ1) is 25.5. The van der Waals surface area contributed by atoms with Crippen LogP contribution < -0.4 is 25.0 Å². The number of para-hydroxylation sites is 1. The second kappa shape index (κ2) is 18.5. The van der Waals surface area contributed by atoms with E-state index in [4.69, 9.17) is 4.74 Å². The number of carboxylic acids is 1. The van der Waals surface area contributed by atoms with Crippen LogP contribution in [0.5, 0.6) is 11.5 Å². The van der Waals surface area contributed by atoms with Gasteiger partial charge < -0.3 is 30.5 Å². The van der Waals surface area contributed by atoms with Crippen LogP contribution in [0.2, 0.25) is 25.7 Å². The van der Waals surface area contributed by atoms with E-state index in [2.05, 4.69) is 34.1 Å². The van der Waals surface area contributed by atoms with E-state index in [-0.39, 0.29) is 22.4 Å². The highest BCUT2D eigenvalue weighted by atomic mass is 32.2. The number of carbonyl (C=O) groups is 3. The zero-order chi connectivity index (χ0) is 39.7. The number of sulfonamides is 1. The van der Waals surface area contributed by atoms with Gasteiger partial charge in [-0.2, -0.15) is 0 Å². The number of aromatic hydroxyl groups is 1. The normalized spacial score (nSPS) is 16.0. The number of phenolic OH excluding ortho intramolecular Hbond substituents is 1. The lowest BCUT2D eigenvalue weighted by atomic mass is 9.87. The number of rotatable bonds is 18. The number of hydrogen-bond acceptors (Lipinski definition) is 9. The van der Waals surface area contributed by atoms with E-state index in [1.165, 1.54) is 42.1 Å². The van der Waals surface area contributed by atoms with E-state index in [1.807, 2.05) is 56.2 Å². The van der Waals surface area contributed by atoms with Crippen LogP contribution in [-0.2, 0) is 24.4 Å². The average Bonchev–Trinajstić information content (AvgIpc) is 3.22. The number of nitrogens with zero attached hydrogens (tertiary/aromatic N) is 1. The van der Waals surface area contributed by atoms with Crippen molar-refractivity contribution in [1.29, 1.82) is 0 Å². The largest absolute Gasteiger partial charge is 0.508 e. The van der Waals surface area contributed by atoms with Crippen LogP contribution in [0.25, 0.3) is 0 Å². The smallest absolute Gasteiger partial charge is 0.325 e. The Labute approximate surface area is 324 Å². The van der Waals surface area contributed by atoms with Gasteiger partial charge in [0.25, 0.3) is 5.91 Å². The number of aliphatic carboxylic acids is 1. The third-order valence-electron chi connectivity index (χ3n) is 9.31. The quantitative estimate of drug-likeness (QED) is 0.0680. The minimum Gasteiger partial charge on any atom is -0.508 e. The summed E-state index contributed by atoms with van der Waals surface area (Å²) < 4.78 is 37.8. The molecule has 0 aliphatic carbocycles. The van der Waals surface area contributed by atoms with Gasteiger partial charge in [0.15, 0.2) is 6.61 Å². The Hall–Kier alpha value is -4.05. The maximum absolute atomic E-state index is 14.3. The third-order valence-corrected chi connectivity index (χ3v) is 13.3. The lowest BCUT2D eigenvalue weighted by molar-refractivity contribution is -0.141. The molecule has 0 aromatic heterocycles. The van der Waals surface area contributed by atoms with E-state index in [1.54, 1.807) is 6.07 Å². The van der Waals surface area contributed by atoms with Crippen LogP contribution in [0.15, 0.2) is 76.5 Å². The van der Waals surface area contributed by atoms with Gasteiger partial charge in [0, 0.05) is 26.4 Å². The molecular weight excluding hydrogens is 745 g/mol. The molecule has 5 N–H and O–H groups in total. The Kier molecular flexibility index (Phi) is 14.6. The molecule has 2 atom stereocenters. The topological polar surface area (TPSA) is 174 Å². The Morgan fingerprint density at radius 3 is 2.17 bits per heavy atom. The fourth-order valence-corrected chi connectivity index (χ4v) is 10.3. The predicted octanol–water partition coefficient (Wildman–Crippen LogP) is 6.81. The summed E-state index contributed by atoms with van der Waals surface area (Å²) in [6, 6.07) is 16.4. The number of fused-ring (bicyclic) bond motifs is 1. The summed E-state index contributed by atoms with van der Waals surface area (Å²) in [6.07, 6.45) is 6.70. The summed E-state index contributed by atoms with van der Waals surface area (Å²) in [5, 5.41) is 24.9. The van der Waals surface area contributed by atoms with E-state index in [0.717, 1.165) is 31.4 Å². The number of thioether (sulfide) groups is 1. The van der Waals surface area contributed by atoms with Gasteiger partial charge in [0.1, 0.15) is 28.5 Å². The molecule has 3 aromatic carbocycles. The number of unbranched alkanes of at least 4 members (excludes halogenated alkanes) is 2. The van der Waals surface area contributed by atoms with Gasteiger partial charge in [-0.15, -0.1) is 11.8 Å². The Morgan fingerprint density at radius 2 is 1.61 bits per heavy atom. The van der Waals surface area contributed by atoms with Gasteiger partial charge >= 0.3 is 5.97 Å². The molecule has 4 rings (SSSR count).